The van der Waals surface area contributed by atoms with Crippen LogP contribution >= 0.6 is 0 Å². The normalized spacial score (nSPS) is 10.9. The zero-order chi connectivity index (χ0) is 14.5. The van der Waals surface area contributed by atoms with Gasteiger partial charge in [-0.3, -0.25) is 0 Å². The first-order valence-corrected chi connectivity index (χ1v) is 5.97. The molecule has 100 valence electrons. The van der Waals surface area contributed by atoms with Gasteiger partial charge in [0.1, 0.15) is 17.4 Å². The van der Waals surface area contributed by atoms with E-state index >= 15 is 0 Å². The van der Waals surface area contributed by atoms with Gasteiger partial charge in [0.05, 0.1) is 14.2 Å². The minimum Gasteiger partial charge on any atom is -0.496 e. The predicted molar refractivity (Wildman–Crippen MR) is 76.1 cm³/mol. The number of hydrogen-bond donors (Lipinski definition) is 0. The molecule has 0 N–H and O–H groups in total. The summed E-state index contributed by atoms with van der Waals surface area (Å²) in [5.74, 6) is 0.0988. The maximum absolute atomic E-state index is 11.5. The van der Waals surface area contributed by atoms with Gasteiger partial charge < -0.3 is 9.47 Å². The van der Waals surface area contributed by atoms with E-state index < -0.39 is 5.97 Å². The lowest BCUT2D eigenvalue weighted by Crippen LogP contribution is -2.02. The number of esters is 1. The zero-order valence-corrected chi connectivity index (χ0v) is 11.2. The Labute approximate surface area is 116 Å². The molecule has 20 heavy (non-hydrogen) atoms. The fourth-order valence-corrected chi connectivity index (χ4v) is 2.00. The molecule has 0 unspecified atom stereocenters. The average molecular weight is 267 g/mol. The molecule has 0 aliphatic carbocycles. The molecule has 0 aromatic heterocycles. The Kier molecular flexibility index (Phi) is 4.02. The Morgan fingerprint density at radius 1 is 1.15 bits per heavy atom. The van der Waals surface area contributed by atoms with E-state index in [1.165, 1.54) is 13.2 Å². The quantitative estimate of drug-likeness (QED) is 0.487. The van der Waals surface area contributed by atoms with Crippen molar-refractivity contribution in [3.63, 3.8) is 0 Å². The largest absolute Gasteiger partial charge is 0.496 e. The summed E-state index contributed by atoms with van der Waals surface area (Å²) in [5.41, 5.74) is 0.728. The second kappa shape index (κ2) is 5.89. The molecule has 0 amide bonds. The van der Waals surface area contributed by atoms with Crippen LogP contribution in [0.15, 0.2) is 42.0 Å². The summed E-state index contributed by atoms with van der Waals surface area (Å²) in [6.45, 7) is 0. The SMILES string of the molecule is COC(=O)C(C#N)=Cc1ccc(OC)c2ccccc12. The monoisotopic (exact) mass is 267 g/mol. The third-order valence-corrected chi connectivity index (χ3v) is 2.96. The Balaban J connectivity index is 2.65. The van der Waals surface area contributed by atoms with Gasteiger partial charge >= 0.3 is 5.97 Å². The maximum atomic E-state index is 11.5. The number of nitriles is 1. The first-order chi connectivity index (χ1) is 9.71. The van der Waals surface area contributed by atoms with E-state index in [-0.39, 0.29) is 5.57 Å². The van der Waals surface area contributed by atoms with Crippen LogP contribution in [0.5, 0.6) is 5.75 Å². The first kappa shape index (κ1) is 13.6. The number of rotatable bonds is 3. The second-order valence-electron chi connectivity index (χ2n) is 4.06. The van der Waals surface area contributed by atoms with Gasteiger partial charge in [-0.1, -0.05) is 30.3 Å². The first-order valence-electron chi connectivity index (χ1n) is 5.97. The molecule has 0 saturated heterocycles. The average Bonchev–Trinajstić information content (AvgIpc) is 2.51. The number of methoxy groups -OCH3 is 2. The fraction of sp³-hybridized carbons (Fsp3) is 0.125. The van der Waals surface area contributed by atoms with E-state index in [9.17, 15) is 4.79 Å². The number of fused-ring (bicyclic) bond motifs is 1. The molecule has 4 heteroatoms. The van der Waals surface area contributed by atoms with E-state index in [0.29, 0.717) is 0 Å². The fourth-order valence-electron chi connectivity index (χ4n) is 2.00. The van der Waals surface area contributed by atoms with Crippen LogP contribution in [0.1, 0.15) is 5.56 Å². The van der Waals surface area contributed by atoms with Crippen LogP contribution in [0.2, 0.25) is 0 Å². The Hall–Kier alpha value is -2.80. The summed E-state index contributed by atoms with van der Waals surface area (Å²) in [6.07, 6.45) is 1.52. The number of carbonyl (C=O) groups is 1. The van der Waals surface area contributed by atoms with Crippen LogP contribution in [0.25, 0.3) is 16.8 Å². The van der Waals surface area contributed by atoms with Gasteiger partial charge in [-0.05, 0) is 23.1 Å². The highest BCUT2D eigenvalue weighted by molar-refractivity contribution is 6.02. The molecule has 0 aliphatic rings. The molecule has 0 saturated carbocycles. The molecule has 0 bridgehead atoms. The summed E-state index contributed by atoms with van der Waals surface area (Å²) in [4.78, 5) is 11.5. The molecule has 2 aromatic carbocycles. The standard InChI is InChI=1S/C16H13NO3/c1-19-15-8-7-11(9-12(10-17)16(18)20-2)13-5-3-4-6-14(13)15/h3-9H,1-2H3. The molecular formula is C16H13NO3. The van der Waals surface area contributed by atoms with Crippen LogP contribution in [-0.4, -0.2) is 20.2 Å². The van der Waals surface area contributed by atoms with Gasteiger partial charge in [0.2, 0.25) is 0 Å². The predicted octanol–water partition coefficient (Wildman–Crippen LogP) is 2.93. The van der Waals surface area contributed by atoms with E-state index in [0.717, 1.165) is 22.1 Å². The van der Waals surface area contributed by atoms with Crippen molar-refractivity contribution in [1.82, 2.24) is 0 Å². The van der Waals surface area contributed by atoms with Crippen LogP contribution in [0, 0.1) is 11.3 Å². The van der Waals surface area contributed by atoms with Gasteiger partial charge in [-0.2, -0.15) is 5.26 Å². The molecule has 4 nitrogen and oxygen atoms in total. The van der Waals surface area contributed by atoms with Crippen molar-refractivity contribution >= 4 is 22.8 Å². The lowest BCUT2D eigenvalue weighted by Gasteiger charge is -2.08. The van der Waals surface area contributed by atoms with Crippen LogP contribution < -0.4 is 4.74 Å². The van der Waals surface area contributed by atoms with Gasteiger partial charge in [0.25, 0.3) is 0 Å². The molecule has 0 radical (unpaired) electrons. The lowest BCUT2D eigenvalue weighted by atomic mass is 10.0. The summed E-state index contributed by atoms with van der Waals surface area (Å²) < 4.78 is 9.88. The van der Waals surface area contributed by atoms with E-state index in [1.807, 2.05) is 30.3 Å². The van der Waals surface area contributed by atoms with Gasteiger partial charge in [-0.25, -0.2) is 4.79 Å². The van der Waals surface area contributed by atoms with Crippen molar-refractivity contribution in [2.45, 2.75) is 0 Å². The molecule has 0 spiro atoms. The van der Waals surface area contributed by atoms with Crippen molar-refractivity contribution in [3.05, 3.63) is 47.5 Å². The van der Waals surface area contributed by atoms with Crippen molar-refractivity contribution in [3.8, 4) is 11.8 Å². The molecule has 0 fully saturated rings. The van der Waals surface area contributed by atoms with Crippen LogP contribution in [0.4, 0.5) is 0 Å². The van der Waals surface area contributed by atoms with Crippen LogP contribution in [-0.2, 0) is 9.53 Å². The number of carbonyl (C=O) groups excluding carboxylic acids is 1. The highest BCUT2D eigenvalue weighted by Crippen LogP contribution is 2.29. The molecule has 0 heterocycles. The number of benzene rings is 2. The Morgan fingerprint density at radius 3 is 2.45 bits per heavy atom. The molecular weight excluding hydrogens is 254 g/mol. The Bertz CT molecular complexity index is 726. The number of nitrogens with zero attached hydrogens (tertiary/aromatic N) is 1. The molecule has 0 atom stereocenters. The summed E-state index contributed by atoms with van der Waals surface area (Å²) in [5, 5.41) is 10.8. The summed E-state index contributed by atoms with van der Waals surface area (Å²) >= 11 is 0. The Morgan fingerprint density at radius 2 is 1.85 bits per heavy atom. The van der Waals surface area contributed by atoms with Crippen molar-refractivity contribution in [2.75, 3.05) is 14.2 Å². The van der Waals surface area contributed by atoms with E-state index in [4.69, 9.17) is 10.00 Å². The summed E-state index contributed by atoms with van der Waals surface area (Å²) in [6, 6.07) is 13.1. The van der Waals surface area contributed by atoms with Gasteiger partial charge in [0.15, 0.2) is 0 Å². The lowest BCUT2D eigenvalue weighted by molar-refractivity contribution is -0.135. The molecule has 0 aliphatic heterocycles. The van der Waals surface area contributed by atoms with Crippen LogP contribution in [0.3, 0.4) is 0 Å². The van der Waals surface area contributed by atoms with Crippen molar-refractivity contribution in [1.29, 1.82) is 5.26 Å². The van der Waals surface area contributed by atoms with E-state index in [2.05, 4.69) is 4.74 Å². The third-order valence-electron chi connectivity index (χ3n) is 2.96. The zero-order valence-electron chi connectivity index (χ0n) is 11.2. The smallest absolute Gasteiger partial charge is 0.348 e. The van der Waals surface area contributed by atoms with E-state index in [1.54, 1.807) is 19.2 Å². The van der Waals surface area contributed by atoms with Gasteiger partial charge in [-0.15, -0.1) is 0 Å². The number of ether oxygens (including phenoxy) is 2. The van der Waals surface area contributed by atoms with Crippen molar-refractivity contribution in [2.24, 2.45) is 0 Å². The minimum atomic E-state index is -0.646. The van der Waals surface area contributed by atoms with Gasteiger partial charge in [0, 0.05) is 5.39 Å². The highest BCUT2D eigenvalue weighted by atomic mass is 16.5. The van der Waals surface area contributed by atoms with Crippen molar-refractivity contribution < 1.29 is 14.3 Å². The molecule has 2 aromatic rings. The number of hydrogen-bond acceptors (Lipinski definition) is 4. The third kappa shape index (κ3) is 2.47. The molecule has 2 rings (SSSR count). The topological polar surface area (TPSA) is 59.3 Å². The maximum Gasteiger partial charge on any atom is 0.348 e. The highest BCUT2D eigenvalue weighted by Gasteiger charge is 2.11. The second-order valence-corrected chi connectivity index (χ2v) is 4.06. The minimum absolute atomic E-state index is 0.0391. The summed E-state index contributed by atoms with van der Waals surface area (Å²) in [7, 11) is 2.85.